The first-order chi connectivity index (χ1) is 14.8. The van der Waals surface area contributed by atoms with Gasteiger partial charge in [0.25, 0.3) is 11.9 Å². The number of rotatable bonds is 12. The van der Waals surface area contributed by atoms with E-state index >= 15 is 0 Å². The van der Waals surface area contributed by atoms with Crippen LogP contribution in [0.3, 0.4) is 0 Å². The van der Waals surface area contributed by atoms with E-state index in [1.807, 2.05) is 0 Å². The Bertz CT molecular complexity index is 1030. The van der Waals surface area contributed by atoms with Crippen molar-refractivity contribution in [3.05, 3.63) is 46.8 Å². The predicted octanol–water partition coefficient (Wildman–Crippen LogP) is 4.33. The zero-order valence-electron chi connectivity index (χ0n) is 15.8. The molecule has 0 atom stereocenters. The van der Waals surface area contributed by atoms with E-state index in [9.17, 15) is 0 Å². The van der Waals surface area contributed by atoms with Gasteiger partial charge in [-0.2, -0.15) is 4.99 Å². The Kier molecular flexibility index (Phi) is 7.02. The highest BCUT2D eigenvalue weighted by Gasteiger charge is 2.06. The first kappa shape index (κ1) is 20.0. The van der Waals surface area contributed by atoms with E-state index in [-0.39, 0.29) is 6.73 Å². The second-order valence-corrected chi connectivity index (χ2v) is 7.97. The molecule has 4 aromatic heterocycles. The van der Waals surface area contributed by atoms with E-state index in [0.717, 1.165) is 40.8 Å². The second-order valence-electron chi connectivity index (χ2n) is 5.87. The molecule has 0 saturated carbocycles. The molecule has 0 bridgehead atoms. The highest BCUT2D eigenvalue weighted by atomic mass is 32.1. The van der Waals surface area contributed by atoms with Gasteiger partial charge in [-0.25, -0.2) is 0 Å². The Morgan fingerprint density at radius 2 is 1.67 bits per heavy atom. The molecule has 4 heterocycles. The van der Waals surface area contributed by atoms with Crippen LogP contribution in [-0.4, -0.2) is 33.5 Å². The summed E-state index contributed by atoms with van der Waals surface area (Å²) in [6.45, 7) is 0.274. The van der Waals surface area contributed by atoms with Crippen molar-refractivity contribution in [2.45, 2.75) is 25.7 Å². The largest absolute Gasteiger partial charge is 0.444 e. The molecule has 30 heavy (non-hydrogen) atoms. The Morgan fingerprint density at radius 1 is 0.933 bits per heavy atom. The van der Waals surface area contributed by atoms with Crippen LogP contribution in [0.5, 0.6) is 11.9 Å². The maximum absolute atomic E-state index is 5.38. The SMILES string of the molecule is C(=N/c1nnc(CCCCc2nnc(NCOc3ccco3)s2)s1)/Oc1ccco1. The number of nitrogens with zero attached hydrogens (tertiary/aromatic N) is 5. The van der Waals surface area contributed by atoms with Crippen molar-refractivity contribution in [3.63, 3.8) is 0 Å². The molecule has 0 aliphatic heterocycles. The number of nitrogens with one attached hydrogen (secondary N) is 1. The lowest BCUT2D eigenvalue weighted by Gasteiger charge is -2.01. The molecule has 0 aromatic carbocycles. The fraction of sp³-hybridized carbons (Fsp3) is 0.278. The zero-order chi connectivity index (χ0) is 20.4. The molecular formula is C18H18N6O4S2. The van der Waals surface area contributed by atoms with E-state index < -0.39 is 0 Å². The maximum atomic E-state index is 5.38. The van der Waals surface area contributed by atoms with Crippen molar-refractivity contribution < 1.29 is 18.3 Å². The van der Waals surface area contributed by atoms with Crippen molar-refractivity contribution >= 4 is 39.3 Å². The molecule has 10 nitrogen and oxygen atoms in total. The molecule has 156 valence electrons. The lowest BCUT2D eigenvalue weighted by atomic mass is 10.2. The van der Waals surface area contributed by atoms with E-state index in [1.54, 1.807) is 30.5 Å². The molecule has 0 amide bonds. The molecule has 0 aliphatic carbocycles. The molecule has 4 rings (SSSR count). The molecule has 0 unspecified atom stereocenters. The molecule has 1 N–H and O–H groups in total. The summed E-state index contributed by atoms with van der Waals surface area (Å²) >= 11 is 2.96. The van der Waals surface area contributed by atoms with Crippen molar-refractivity contribution in [2.24, 2.45) is 4.99 Å². The maximum Gasteiger partial charge on any atom is 0.290 e. The van der Waals surface area contributed by atoms with Gasteiger partial charge in [0.2, 0.25) is 10.3 Å². The number of anilines is 1. The van der Waals surface area contributed by atoms with E-state index in [4.69, 9.17) is 18.3 Å². The summed E-state index contributed by atoms with van der Waals surface area (Å²) in [5.41, 5.74) is 0. The molecule has 0 spiro atoms. The topological polar surface area (TPSA) is 121 Å². The summed E-state index contributed by atoms with van der Waals surface area (Å²) in [4.78, 5) is 4.12. The summed E-state index contributed by atoms with van der Waals surface area (Å²) in [5.74, 6) is 0.839. The number of aryl methyl sites for hydroxylation is 2. The minimum absolute atomic E-state index is 0.274. The number of aromatic nitrogens is 4. The van der Waals surface area contributed by atoms with E-state index in [0.29, 0.717) is 17.0 Å². The van der Waals surface area contributed by atoms with Gasteiger partial charge in [-0.3, -0.25) is 0 Å². The van der Waals surface area contributed by atoms with Gasteiger partial charge in [-0.15, -0.1) is 20.4 Å². The lowest BCUT2D eigenvalue weighted by Crippen LogP contribution is -2.07. The average molecular weight is 447 g/mol. The zero-order valence-corrected chi connectivity index (χ0v) is 17.4. The van der Waals surface area contributed by atoms with Gasteiger partial charge in [0.15, 0.2) is 13.1 Å². The third-order valence-electron chi connectivity index (χ3n) is 3.71. The quantitative estimate of drug-likeness (QED) is 0.147. The Balaban J connectivity index is 1.12. The van der Waals surface area contributed by atoms with Crippen LogP contribution in [0.2, 0.25) is 0 Å². The van der Waals surface area contributed by atoms with Crippen LogP contribution < -0.4 is 14.8 Å². The summed E-state index contributed by atoms with van der Waals surface area (Å²) in [7, 11) is 0. The summed E-state index contributed by atoms with van der Waals surface area (Å²) in [6.07, 6.45) is 8.05. The van der Waals surface area contributed by atoms with Crippen molar-refractivity contribution in [1.29, 1.82) is 0 Å². The van der Waals surface area contributed by atoms with Gasteiger partial charge in [-0.05, 0) is 25.0 Å². The highest BCUT2D eigenvalue weighted by molar-refractivity contribution is 7.15. The van der Waals surface area contributed by atoms with Gasteiger partial charge in [0.1, 0.15) is 10.0 Å². The van der Waals surface area contributed by atoms with E-state index in [2.05, 4.69) is 30.7 Å². The number of furan rings is 2. The van der Waals surface area contributed by atoms with Gasteiger partial charge < -0.3 is 23.6 Å². The molecule has 4 aromatic rings. The molecule has 12 heteroatoms. The van der Waals surface area contributed by atoms with Crippen LogP contribution >= 0.6 is 22.7 Å². The molecular weight excluding hydrogens is 428 g/mol. The minimum Gasteiger partial charge on any atom is -0.444 e. The van der Waals surface area contributed by atoms with E-state index in [1.165, 1.54) is 35.3 Å². The van der Waals surface area contributed by atoms with Crippen molar-refractivity contribution in [3.8, 4) is 11.9 Å². The normalized spacial score (nSPS) is 11.2. The Labute approximate surface area is 179 Å². The Hall–Kier alpha value is -3.25. The first-order valence-electron chi connectivity index (χ1n) is 9.13. The molecule has 0 fully saturated rings. The van der Waals surface area contributed by atoms with Crippen LogP contribution in [0.25, 0.3) is 0 Å². The number of hydrogen-bond acceptors (Lipinski definition) is 12. The third kappa shape index (κ3) is 6.12. The van der Waals surface area contributed by atoms with Gasteiger partial charge >= 0.3 is 0 Å². The van der Waals surface area contributed by atoms with Crippen LogP contribution in [-0.2, 0) is 12.8 Å². The van der Waals surface area contributed by atoms with Crippen LogP contribution in [0.1, 0.15) is 22.9 Å². The number of unbranched alkanes of at least 4 members (excludes halogenated alkanes) is 1. The number of hydrogen-bond donors (Lipinski definition) is 1. The summed E-state index contributed by atoms with van der Waals surface area (Å²) < 4.78 is 20.7. The molecule has 0 aliphatic rings. The third-order valence-corrected chi connectivity index (χ3v) is 5.55. The summed E-state index contributed by atoms with van der Waals surface area (Å²) in [5, 5.41) is 22.8. The van der Waals surface area contributed by atoms with Gasteiger partial charge in [0.05, 0.1) is 12.5 Å². The lowest BCUT2D eigenvalue weighted by molar-refractivity contribution is 0.262. The standard InChI is InChI=1S/C18H18N6O4S2/c1(5-13-21-23-17(29-13)19-11-27-15-7-3-9-25-15)2-6-14-22-24-18(30-14)20-12-28-16-8-4-10-26-16/h3-4,7-11H,1-2,5-6,12H2,(H,20,24)/b19-11-. The monoisotopic (exact) mass is 446 g/mol. The van der Waals surface area contributed by atoms with Crippen LogP contribution in [0.4, 0.5) is 10.3 Å². The smallest absolute Gasteiger partial charge is 0.290 e. The molecule has 0 radical (unpaired) electrons. The van der Waals surface area contributed by atoms with Gasteiger partial charge in [0, 0.05) is 25.0 Å². The van der Waals surface area contributed by atoms with Crippen molar-refractivity contribution in [1.82, 2.24) is 20.4 Å². The van der Waals surface area contributed by atoms with Crippen molar-refractivity contribution in [2.75, 3.05) is 12.0 Å². The van der Waals surface area contributed by atoms with Crippen LogP contribution in [0, 0.1) is 0 Å². The summed E-state index contributed by atoms with van der Waals surface area (Å²) in [6, 6.07) is 6.95. The fourth-order valence-electron chi connectivity index (χ4n) is 2.34. The second kappa shape index (κ2) is 10.5. The minimum atomic E-state index is 0.274. The predicted molar refractivity (Wildman–Crippen MR) is 112 cm³/mol. The fourth-order valence-corrected chi connectivity index (χ4v) is 3.83. The number of ether oxygens (including phenoxy) is 2. The number of aliphatic imine (C=N–C) groups is 1. The average Bonchev–Trinajstić information content (AvgIpc) is 3.54. The van der Waals surface area contributed by atoms with Gasteiger partial charge in [-0.1, -0.05) is 22.7 Å². The first-order valence-corrected chi connectivity index (χ1v) is 10.8. The Morgan fingerprint density at radius 3 is 2.43 bits per heavy atom. The highest BCUT2D eigenvalue weighted by Crippen LogP contribution is 2.21. The van der Waals surface area contributed by atoms with Crippen LogP contribution in [0.15, 0.2) is 50.6 Å². The molecule has 0 saturated heterocycles.